The van der Waals surface area contributed by atoms with E-state index in [1.54, 1.807) is 45.6 Å². The van der Waals surface area contributed by atoms with E-state index in [-0.39, 0.29) is 17.5 Å². The molecule has 7 heteroatoms. The number of methoxy groups -OCH3 is 3. The Labute approximate surface area is 202 Å². The number of nitrogens with zero attached hydrogens (tertiary/aromatic N) is 1. The summed E-state index contributed by atoms with van der Waals surface area (Å²) in [6.45, 7) is 2.09. The summed E-state index contributed by atoms with van der Waals surface area (Å²) >= 11 is 0. The number of rotatable bonds is 4. The predicted molar refractivity (Wildman–Crippen MR) is 130 cm³/mol. The molecule has 1 aromatic heterocycles. The smallest absolute Gasteiger partial charge is 0.178 e. The minimum Gasteiger partial charge on any atom is -0.507 e. The molecule has 0 radical (unpaired) electrons. The molecule has 3 aromatic carbocycles. The third-order valence-corrected chi connectivity index (χ3v) is 7.47. The third kappa shape index (κ3) is 2.66. The van der Waals surface area contributed by atoms with Gasteiger partial charge in [-0.25, -0.2) is 0 Å². The van der Waals surface area contributed by atoms with Gasteiger partial charge in [0, 0.05) is 28.5 Å². The van der Waals surface area contributed by atoms with E-state index < -0.39 is 5.41 Å². The van der Waals surface area contributed by atoms with E-state index in [2.05, 4.69) is 12.1 Å². The minimum atomic E-state index is -1.16. The molecule has 4 aromatic rings. The fourth-order valence-corrected chi connectivity index (χ4v) is 6.09. The van der Waals surface area contributed by atoms with Crippen LogP contribution in [0.4, 0.5) is 0 Å². The van der Waals surface area contributed by atoms with Gasteiger partial charge in [0.05, 0.1) is 37.7 Å². The standard InChI is InChI=1S/C28H25NO6/c1-14-12-21-24-25(29-35-21)22-16(6-5-7-19(22)33-3)27(31)28(24,13-14)17-9-8-15-18(32-2)10-11-20(34-4)23(15)26(17)30/h5-11,14,30H,12-13H2,1-4H3/t14-,28+/m0/s1. The van der Waals surface area contributed by atoms with E-state index >= 15 is 0 Å². The van der Waals surface area contributed by atoms with E-state index in [1.165, 1.54) is 0 Å². The van der Waals surface area contributed by atoms with Gasteiger partial charge in [-0.3, -0.25) is 4.79 Å². The molecule has 1 N–H and O–H groups in total. The zero-order valence-corrected chi connectivity index (χ0v) is 20.0. The van der Waals surface area contributed by atoms with E-state index in [0.717, 1.165) is 0 Å². The Morgan fingerprint density at radius 3 is 2.49 bits per heavy atom. The maximum Gasteiger partial charge on any atom is 0.178 e. The van der Waals surface area contributed by atoms with Crippen molar-refractivity contribution >= 4 is 16.6 Å². The van der Waals surface area contributed by atoms with Crippen molar-refractivity contribution < 1.29 is 28.6 Å². The molecule has 2 atom stereocenters. The number of fused-ring (bicyclic) bond motifs is 3. The lowest BCUT2D eigenvalue weighted by atomic mass is 9.57. The molecular weight excluding hydrogens is 446 g/mol. The second-order valence-corrected chi connectivity index (χ2v) is 9.31. The first-order chi connectivity index (χ1) is 17.0. The van der Waals surface area contributed by atoms with Crippen LogP contribution in [0.2, 0.25) is 0 Å². The van der Waals surface area contributed by atoms with Crippen LogP contribution in [0, 0.1) is 5.92 Å². The number of aromatic hydroxyl groups is 1. The maximum absolute atomic E-state index is 14.5. The zero-order valence-electron chi connectivity index (χ0n) is 20.0. The third-order valence-electron chi connectivity index (χ3n) is 7.47. The Morgan fingerprint density at radius 2 is 1.74 bits per heavy atom. The van der Waals surface area contributed by atoms with Gasteiger partial charge in [-0.2, -0.15) is 0 Å². The molecule has 0 unspecified atom stereocenters. The Morgan fingerprint density at radius 1 is 1.00 bits per heavy atom. The molecule has 2 aliphatic carbocycles. The lowest BCUT2D eigenvalue weighted by molar-refractivity contribution is 0.0874. The van der Waals surface area contributed by atoms with E-state index in [1.807, 2.05) is 18.2 Å². The quantitative estimate of drug-likeness (QED) is 0.432. The molecule has 0 saturated carbocycles. The normalized spacial score (nSPS) is 20.3. The molecule has 6 rings (SSSR count). The first-order valence-corrected chi connectivity index (χ1v) is 11.5. The molecule has 35 heavy (non-hydrogen) atoms. The highest BCUT2D eigenvalue weighted by molar-refractivity contribution is 6.16. The highest BCUT2D eigenvalue weighted by atomic mass is 16.5. The Balaban J connectivity index is 1.73. The lowest BCUT2D eigenvalue weighted by Crippen LogP contribution is -2.45. The summed E-state index contributed by atoms with van der Waals surface area (Å²) in [5.41, 5.74) is 1.80. The van der Waals surface area contributed by atoms with Crippen LogP contribution < -0.4 is 14.2 Å². The van der Waals surface area contributed by atoms with E-state index in [4.69, 9.17) is 18.7 Å². The average Bonchev–Trinajstić information content (AvgIpc) is 3.30. The number of benzene rings is 3. The summed E-state index contributed by atoms with van der Waals surface area (Å²) in [5.74, 6) is 2.34. The lowest BCUT2D eigenvalue weighted by Gasteiger charge is -2.42. The fraction of sp³-hybridized carbons (Fsp3) is 0.286. The minimum absolute atomic E-state index is 0.00912. The van der Waals surface area contributed by atoms with E-state index in [9.17, 15) is 9.90 Å². The van der Waals surface area contributed by atoms with Gasteiger partial charge in [0.2, 0.25) is 0 Å². The van der Waals surface area contributed by atoms with Crippen molar-refractivity contribution in [2.45, 2.75) is 25.2 Å². The number of hydrogen-bond donors (Lipinski definition) is 1. The van der Waals surface area contributed by atoms with Crippen molar-refractivity contribution in [3.8, 4) is 34.3 Å². The average molecular weight is 472 g/mol. The number of carbonyl (C=O) groups is 1. The molecular formula is C28H25NO6. The molecule has 0 bridgehead atoms. The topological polar surface area (TPSA) is 91.0 Å². The number of aromatic nitrogens is 1. The summed E-state index contributed by atoms with van der Waals surface area (Å²) in [4.78, 5) is 14.5. The highest BCUT2D eigenvalue weighted by Crippen LogP contribution is 2.58. The van der Waals surface area contributed by atoms with Gasteiger partial charge in [-0.1, -0.05) is 30.3 Å². The number of phenols is 1. The van der Waals surface area contributed by atoms with Gasteiger partial charge in [0.1, 0.15) is 34.5 Å². The van der Waals surface area contributed by atoms with Crippen LogP contribution in [0.5, 0.6) is 23.0 Å². The van der Waals surface area contributed by atoms with Crippen molar-refractivity contribution in [1.82, 2.24) is 5.16 Å². The molecule has 0 fully saturated rings. The van der Waals surface area contributed by atoms with Crippen LogP contribution in [0.3, 0.4) is 0 Å². The number of hydrogen-bond acceptors (Lipinski definition) is 7. The van der Waals surface area contributed by atoms with Crippen LogP contribution in [0.15, 0.2) is 47.0 Å². The summed E-state index contributed by atoms with van der Waals surface area (Å²) in [7, 11) is 4.71. The highest BCUT2D eigenvalue weighted by Gasteiger charge is 2.56. The Hall–Kier alpha value is -4.00. The second kappa shape index (κ2) is 7.50. The molecule has 2 aliphatic rings. The monoisotopic (exact) mass is 471 g/mol. The Bertz CT molecular complexity index is 1520. The number of ether oxygens (including phenoxy) is 3. The molecule has 0 spiro atoms. The summed E-state index contributed by atoms with van der Waals surface area (Å²) in [6.07, 6.45) is 1.17. The van der Waals surface area contributed by atoms with Gasteiger partial charge in [0.15, 0.2) is 5.78 Å². The molecule has 1 heterocycles. The van der Waals surface area contributed by atoms with Crippen molar-refractivity contribution in [2.24, 2.45) is 5.92 Å². The van der Waals surface area contributed by atoms with Gasteiger partial charge in [-0.15, -0.1) is 0 Å². The molecule has 0 saturated heterocycles. The van der Waals surface area contributed by atoms with Gasteiger partial charge in [0.25, 0.3) is 0 Å². The second-order valence-electron chi connectivity index (χ2n) is 9.31. The maximum atomic E-state index is 14.5. The first-order valence-electron chi connectivity index (χ1n) is 11.5. The van der Waals surface area contributed by atoms with Crippen LogP contribution in [-0.2, 0) is 11.8 Å². The Kier molecular flexibility index (Phi) is 4.61. The first kappa shape index (κ1) is 21.5. The van der Waals surface area contributed by atoms with Gasteiger partial charge in [-0.05, 0) is 36.6 Å². The largest absolute Gasteiger partial charge is 0.507 e. The molecule has 0 aliphatic heterocycles. The van der Waals surface area contributed by atoms with Crippen LogP contribution in [-0.4, -0.2) is 37.4 Å². The fourth-order valence-electron chi connectivity index (χ4n) is 6.09. The van der Waals surface area contributed by atoms with Crippen molar-refractivity contribution in [3.63, 3.8) is 0 Å². The zero-order chi connectivity index (χ0) is 24.5. The number of ketones is 1. The molecule has 178 valence electrons. The van der Waals surface area contributed by atoms with Crippen LogP contribution in [0.1, 0.15) is 40.6 Å². The number of Topliss-reactive ketones (excluding diaryl/α,β-unsaturated/α-hetero) is 1. The van der Waals surface area contributed by atoms with Crippen molar-refractivity contribution in [2.75, 3.05) is 21.3 Å². The molecule has 0 amide bonds. The number of phenolic OH excluding ortho intramolecular Hbond substituents is 1. The van der Waals surface area contributed by atoms with E-state index in [0.29, 0.717) is 74.6 Å². The van der Waals surface area contributed by atoms with Crippen LogP contribution in [0.25, 0.3) is 22.0 Å². The SMILES string of the molecule is COc1cccc2c1-c1noc3c1[C@](c1ccc4c(OC)ccc(OC)c4c1O)(C[C@@H](C)C3)C2=O. The van der Waals surface area contributed by atoms with Crippen molar-refractivity contribution in [1.29, 1.82) is 0 Å². The molecule has 7 nitrogen and oxygen atoms in total. The number of carbonyl (C=O) groups excluding carboxylic acids is 1. The van der Waals surface area contributed by atoms with Gasteiger partial charge < -0.3 is 23.8 Å². The summed E-state index contributed by atoms with van der Waals surface area (Å²) < 4.78 is 22.6. The van der Waals surface area contributed by atoms with Gasteiger partial charge >= 0.3 is 0 Å². The predicted octanol–water partition coefficient (Wildman–Crippen LogP) is 5.29. The van der Waals surface area contributed by atoms with Crippen molar-refractivity contribution in [3.05, 3.63) is 64.9 Å². The van der Waals surface area contributed by atoms with Crippen LogP contribution >= 0.6 is 0 Å². The summed E-state index contributed by atoms with van der Waals surface area (Å²) in [6, 6.07) is 12.7. The summed E-state index contributed by atoms with van der Waals surface area (Å²) in [5, 5.41) is 17.4.